The molecule has 0 spiro atoms. The molecule has 0 aromatic rings. The first-order chi connectivity index (χ1) is 12.5. The monoisotopic (exact) mass is 364 g/mol. The van der Waals surface area contributed by atoms with E-state index in [9.17, 15) is 15.0 Å². The molecule has 4 saturated carbocycles. The number of hydrogen-bond acceptors (Lipinski definition) is 4. The van der Waals surface area contributed by atoms with E-state index in [2.05, 4.69) is 6.92 Å². The Kier molecular flexibility index (Phi) is 4.98. The molecule has 8 unspecified atom stereocenters. The maximum absolute atomic E-state index is 12.4. The van der Waals surface area contributed by atoms with Crippen LogP contribution in [0.4, 0.5) is 0 Å². The zero-order valence-electron chi connectivity index (χ0n) is 16.5. The van der Waals surface area contributed by atoms with E-state index >= 15 is 0 Å². The van der Waals surface area contributed by atoms with E-state index in [1.165, 1.54) is 19.3 Å². The van der Waals surface area contributed by atoms with Crippen molar-refractivity contribution in [2.75, 3.05) is 20.3 Å². The number of methoxy groups -OCH3 is 1. The third kappa shape index (κ3) is 2.62. The van der Waals surface area contributed by atoms with Crippen molar-refractivity contribution in [1.29, 1.82) is 0 Å². The van der Waals surface area contributed by atoms with Crippen molar-refractivity contribution in [2.45, 2.75) is 70.8 Å². The van der Waals surface area contributed by atoms with E-state index in [4.69, 9.17) is 4.74 Å². The van der Waals surface area contributed by atoms with Crippen LogP contribution in [0.25, 0.3) is 0 Å². The van der Waals surface area contributed by atoms with Crippen LogP contribution in [-0.4, -0.2) is 42.4 Å². The zero-order valence-corrected chi connectivity index (χ0v) is 16.5. The Balaban J connectivity index is 1.63. The summed E-state index contributed by atoms with van der Waals surface area (Å²) in [6, 6.07) is 0. The maximum Gasteiger partial charge on any atom is 0.161 e. The summed E-state index contributed by atoms with van der Waals surface area (Å²) in [6.45, 7) is 2.86. The highest BCUT2D eigenvalue weighted by Gasteiger charge is 2.62. The number of rotatable bonds is 4. The quantitative estimate of drug-likeness (QED) is 0.804. The van der Waals surface area contributed by atoms with Gasteiger partial charge in [-0.1, -0.05) is 6.92 Å². The number of carbonyl (C=O) groups excluding carboxylic acids is 1. The molecule has 4 rings (SSSR count). The fourth-order valence-electron chi connectivity index (χ4n) is 8.22. The highest BCUT2D eigenvalue weighted by molar-refractivity contribution is 5.83. The Morgan fingerprint density at radius 1 is 1.08 bits per heavy atom. The average molecular weight is 365 g/mol. The fourth-order valence-corrected chi connectivity index (χ4v) is 8.22. The fraction of sp³-hybridized carbons (Fsp3) is 0.955. The molecule has 0 heterocycles. The first-order valence-electron chi connectivity index (χ1n) is 10.8. The van der Waals surface area contributed by atoms with Crippen LogP contribution in [0.2, 0.25) is 0 Å². The van der Waals surface area contributed by atoms with Crippen LogP contribution in [-0.2, 0) is 9.53 Å². The van der Waals surface area contributed by atoms with Crippen molar-refractivity contribution in [3.05, 3.63) is 0 Å². The Morgan fingerprint density at radius 2 is 1.88 bits per heavy atom. The molecule has 0 saturated heterocycles. The lowest BCUT2D eigenvalue weighted by Gasteiger charge is -2.61. The lowest BCUT2D eigenvalue weighted by Crippen LogP contribution is -2.57. The molecule has 0 aliphatic heterocycles. The van der Waals surface area contributed by atoms with Gasteiger partial charge in [-0.05, 0) is 92.3 Å². The molecule has 8 atom stereocenters. The molecule has 148 valence electrons. The summed E-state index contributed by atoms with van der Waals surface area (Å²) < 4.78 is 5.77. The number of carbonyl (C=O) groups is 1. The van der Waals surface area contributed by atoms with E-state index in [0.717, 1.165) is 45.1 Å². The molecule has 4 fully saturated rings. The van der Waals surface area contributed by atoms with Gasteiger partial charge in [0.15, 0.2) is 5.78 Å². The van der Waals surface area contributed by atoms with Crippen molar-refractivity contribution in [1.82, 2.24) is 0 Å². The Bertz CT molecular complexity index is 548. The van der Waals surface area contributed by atoms with E-state index in [-0.39, 0.29) is 35.2 Å². The molecule has 4 aliphatic rings. The minimum atomic E-state index is -0.297. The molecule has 2 N–H and O–H groups in total. The first-order valence-corrected chi connectivity index (χ1v) is 10.8. The molecule has 4 heteroatoms. The minimum absolute atomic E-state index is 0.0581. The van der Waals surface area contributed by atoms with Gasteiger partial charge in [-0.15, -0.1) is 0 Å². The second-order valence-corrected chi connectivity index (χ2v) is 10.0. The molecule has 26 heavy (non-hydrogen) atoms. The topological polar surface area (TPSA) is 66.8 Å². The smallest absolute Gasteiger partial charge is 0.161 e. The van der Waals surface area contributed by atoms with E-state index < -0.39 is 0 Å². The summed E-state index contributed by atoms with van der Waals surface area (Å²) in [7, 11) is 1.83. The van der Waals surface area contributed by atoms with E-state index in [1.807, 2.05) is 7.11 Å². The Morgan fingerprint density at radius 3 is 2.62 bits per heavy atom. The minimum Gasteiger partial charge on any atom is -0.393 e. The number of fused-ring (bicyclic) bond motifs is 5. The number of hydrogen-bond donors (Lipinski definition) is 2. The van der Waals surface area contributed by atoms with Gasteiger partial charge in [-0.2, -0.15) is 0 Å². The average Bonchev–Trinajstić information content (AvgIpc) is 2.99. The summed E-state index contributed by atoms with van der Waals surface area (Å²) >= 11 is 0. The predicted molar refractivity (Wildman–Crippen MR) is 99.5 cm³/mol. The SMILES string of the molecule is COCC12CCC(O)CC1CCC1C3CCC(C(=O)CO)C3(C)CCC12. The lowest BCUT2D eigenvalue weighted by molar-refractivity contribution is -0.161. The van der Waals surface area contributed by atoms with Crippen LogP contribution in [0.1, 0.15) is 64.7 Å². The number of aliphatic hydroxyl groups excluding tert-OH is 2. The van der Waals surface area contributed by atoms with Gasteiger partial charge in [-0.3, -0.25) is 4.79 Å². The van der Waals surface area contributed by atoms with Crippen LogP contribution in [0.3, 0.4) is 0 Å². The van der Waals surface area contributed by atoms with Gasteiger partial charge in [-0.25, -0.2) is 0 Å². The molecule has 4 nitrogen and oxygen atoms in total. The van der Waals surface area contributed by atoms with Gasteiger partial charge in [0.05, 0.1) is 12.7 Å². The second kappa shape index (κ2) is 6.86. The van der Waals surface area contributed by atoms with Crippen LogP contribution < -0.4 is 0 Å². The molecular formula is C22H36O4. The van der Waals surface area contributed by atoms with Gasteiger partial charge in [0.1, 0.15) is 6.61 Å². The standard InChI is InChI=1S/C22H36O4/c1-21-9-8-18-16(17(21)5-6-19(21)20(25)12-23)4-3-14-11-15(24)7-10-22(14,18)13-26-2/h14-19,23-24H,3-13H2,1-2H3. The molecule has 4 aliphatic carbocycles. The van der Waals surface area contributed by atoms with Gasteiger partial charge < -0.3 is 14.9 Å². The summed E-state index contributed by atoms with van der Waals surface area (Å²) in [5.74, 6) is 2.69. The molecular weight excluding hydrogens is 328 g/mol. The van der Waals surface area contributed by atoms with Crippen molar-refractivity contribution < 1.29 is 19.7 Å². The highest BCUT2D eigenvalue weighted by Crippen LogP contribution is 2.67. The van der Waals surface area contributed by atoms with Crippen LogP contribution in [0.5, 0.6) is 0 Å². The first kappa shape index (κ1) is 18.9. The number of aliphatic hydroxyl groups is 2. The molecule has 0 bridgehead atoms. The van der Waals surface area contributed by atoms with Crippen molar-refractivity contribution in [3.63, 3.8) is 0 Å². The Labute approximate surface area is 157 Å². The van der Waals surface area contributed by atoms with Crippen molar-refractivity contribution in [2.24, 2.45) is 40.4 Å². The molecule has 0 aromatic heterocycles. The third-order valence-corrected chi connectivity index (χ3v) is 9.29. The second-order valence-electron chi connectivity index (χ2n) is 10.0. The lowest BCUT2D eigenvalue weighted by atomic mass is 9.44. The largest absolute Gasteiger partial charge is 0.393 e. The van der Waals surface area contributed by atoms with E-state index in [1.54, 1.807) is 0 Å². The van der Waals surface area contributed by atoms with Crippen LogP contribution in [0.15, 0.2) is 0 Å². The molecule has 0 radical (unpaired) electrons. The number of ether oxygens (including phenoxy) is 1. The van der Waals surface area contributed by atoms with Gasteiger partial charge in [0.2, 0.25) is 0 Å². The van der Waals surface area contributed by atoms with Crippen molar-refractivity contribution in [3.8, 4) is 0 Å². The summed E-state index contributed by atoms with van der Waals surface area (Å²) in [5.41, 5.74) is 0.313. The predicted octanol–water partition coefficient (Wildman–Crippen LogP) is 3.19. The van der Waals surface area contributed by atoms with E-state index in [0.29, 0.717) is 23.7 Å². The third-order valence-electron chi connectivity index (χ3n) is 9.29. The van der Waals surface area contributed by atoms with Gasteiger partial charge in [0, 0.05) is 13.0 Å². The maximum atomic E-state index is 12.4. The summed E-state index contributed by atoms with van der Waals surface area (Å²) in [5, 5.41) is 19.7. The van der Waals surface area contributed by atoms with Crippen molar-refractivity contribution >= 4 is 5.78 Å². The number of Topliss-reactive ketones (excluding diaryl/α,β-unsaturated/α-hetero) is 1. The highest BCUT2D eigenvalue weighted by atomic mass is 16.5. The summed E-state index contributed by atoms with van der Waals surface area (Å²) in [4.78, 5) is 12.4. The summed E-state index contributed by atoms with van der Waals surface area (Å²) in [6.07, 6.45) is 9.66. The van der Waals surface area contributed by atoms with Gasteiger partial charge >= 0.3 is 0 Å². The zero-order chi connectivity index (χ0) is 18.5. The molecule has 0 amide bonds. The molecule has 0 aromatic carbocycles. The van der Waals surface area contributed by atoms with Crippen LogP contribution >= 0.6 is 0 Å². The number of ketones is 1. The van der Waals surface area contributed by atoms with Gasteiger partial charge in [0.25, 0.3) is 0 Å². The normalized spacial score (nSPS) is 50.6. The van der Waals surface area contributed by atoms with Crippen LogP contribution in [0, 0.1) is 40.4 Å². The Hall–Kier alpha value is -0.450.